The van der Waals surface area contributed by atoms with Crippen LogP contribution >= 0.6 is 11.6 Å². The normalized spacial score (nSPS) is 11.5. The van der Waals surface area contributed by atoms with E-state index >= 15 is 0 Å². The second kappa shape index (κ2) is 5.55. The van der Waals surface area contributed by atoms with Crippen molar-refractivity contribution in [2.75, 3.05) is 11.4 Å². The highest BCUT2D eigenvalue weighted by Gasteiger charge is 2.23. The number of anilines is 1. The highest BCUT2D eigenvalue weighted by molar-refractivity contribution is 7.93. The van der Waals surface area contributed by atoms with Crippen molar-refractivity contribution in [1.29, 1.82) is 0 Å². The van der Waals surface area contributed by atoms with Crippen molar-refractivity contribution in [1.82, 2.24) is 9.97 Å². The van der Waals surface area contributed by atoms with Crippen LogP contribution in [-0.4, -0.2) is 25.4 Å². The summed E-state index contributed by atoms with van der Waals surface area (Å²) in [7, 11) is -2.26. The monoisotopic (exact) mass is 333 g/mol. The molecule has 0 fully saturated rings. The molecule has 0 aliphatic heterocycles. The minimum absolute atomic E-state index is 0.0680. The highest BCUT2D eigenvalue weighted by Crippen LogP contribution is 2.28. The topological polar surface area (TPSA) is 63.2 Å². The van der Waals surface area contributed by atoms with Crippen LogP contribution in [0.4, 0.5) is 5.69 Å². The molecule has 0 aliphatic rings. The van der Waals surface area contributed by atoms with Crippen LogP contribution in [0.3, 0.4) is 0 Å². The smallest absolute Gasteiger partial charge is 0.265 e. The van der Waals surface area contributed by atoms with Gasteiger partial charge in [0, 0.05) is 19.4 Å². The van der Waals surface area contributed by atoms with E-state index in [-0.39, 0.29) is 9.92 Å². The molecule has 0 saturated heterocycles. The third-order valence-corrected chi connectivity index (χ3v) is 5.58. The van der Waals surface area contributed by atoms with Crippen molar-refractivity contribution in [3.05, 3.63) is 59.9 Å². The lowest BCUT2D eigenvalue weighted by atomic mass is 10.2. The van der Waals surface area contributed by atoms with Crippen molar-refractivity contribution in [3.8, 4) is 0 Å². The number of rotatable bonds is 3. The number of hydrogen-bond acceptors (Lipinski definition) is 4. The van der Waals surface area contributed by atoms with E-state index in [4.69, 9.17) is 11.6 Å². The predicted octanol–water partition coefficient (Wildman–Crippen LogP) is 3.11. The van der Waals surface area contributed by atoms with Crippen LogP contribution < -0.4 is 4.31 Å². The maximum atomic E-state index is 12.7. The lowest BCUT2D eigenvalue weighted by Crippen LogP contribution is -2.26. The zero-order valence-corrected chi connectivity index (χ0v) is 13.2. The average Bonchev–Trinajstić information content (AvgIpc) is 2.54. The molecule has 5 nitrogen and oxygen atoms in total. The van der Waals surface area contributed by atoms with Gasteiger partial charge in [-0.1, -0.05) is 23.7 Å². The zero-order valence-electron chi connectivity index (χ0n) is 11.6. The summed E-state index contributed by atoms with van der Waals surface area (Å²) in [6, 6.07) is 11.5. The summed E-state index contributed by atoms with van der Waals surface area (Å²) in [5.41, 5.74) is 1.82. The van der Waals surface area contributed by atoms with Gasteiger partial charge in [-0.25, -0.2) is 8.42 Å². The van der Waals surface area contributed by atoms with Crippen molar-refractivity contribution in [2.45, 2.75) is 4.90 Å². The molecule has 0 atom stereocenters. The lowest BCUT2D eigenvalue weighted by Gasteiger charge is -2.20. The zero-order chi connectivity index (χ0) is 15.7. The van der Waals surface area contributed by atoms with Gasteiger partial charge >= 0.3 is 0 Å². The Balaban J connectivity index is 2.08. The van der Waals surface area contributed by atoms with E-state index in [1.54, 1.807) is 48.8 Å². The number of sulfonamides is 1. The largest absolute Gasteiger partial charge is 0.269 e. The van der Waals surface area contributed by atoms with E-state index in [0.29, 0.717) is 16.7 Å². The third kappa shape index (κ3) is 2.51. The Morgan fingerprint density at radius 3 is 2.41 bits per heavy atom. The quantitative estimate of drug-likeness (QED) is 0.738. The molecule has 3 rings (SSSR count). The van der Waals surface area contributed by atoms with E-state index < -0.39 is 10.0 Å². The van der Waals surface area contributed by atoms with Crippen LogP contribution in [0.2, 0.25) is 5.02 Å². The second-order valence-corrected chi connectivity index (χ2v) is 6.98. The number of hydrogen-bond donors (Lipinski definition) is 0. The fourth-order valence-corrected chi connectivity index (χ4v) is 3.77. The van der Waals surface area contributed by atoms with Gasteiger partial charge in [0.1, 0.15) is 4.90 Å². The lowest BCUT2D eigenvalue weighted by molar-refractivity contribution is 0.594. The fraction of sp³-hybridized carbons (Fsp3) is 0.0667. The molecule has 0 bridgehead atoms. The molecular weight excluding hydrogens is 322 g/mol. The maximum absolute atomic E-state index is 12.7. The number of fused-ring (bicyclic) bond motifs is 1. The van der Waals surface area contributed by atoms with Crippen molar-refractivity contribution < 1.29 is 8.42 Å². The molecule has 0 amide bonds. The van der Waals surface area contributed by atoms with Gasteiger partial charge in [0.05, 0.1) is 21.7 Å². The van der Waals surface area contributed by atoms with E-state index in [9.17, 15) is 8.42 Å². The molecule has 1 aromatic heterocycles. The van der Waals surface area contributed by atoms with Gasteiger partial charge in [-0.2, -0.15) is 0 Å². The average molecular weight is 334 g/mol. The van der Waals surface area contributed by atoms with Crippen LogP contribution in [0, 0.1) is 0 Å². The van der Waals surface area contributed by atoms with Crippen molar-refractivity contribution in [2.24, 2.45) is 0 Å². The molecule has 0 N–H and O–H groups in total. The summed E-state index contributed by atoms with van der Waals surface area (Å²) >= 11 is 6.01. The summed E-state index contributed by atoms with van der Waals surface area (Å²) < 4.78 is 26.6. The molecule has 22 heavy (non-hydrogen) atoms. The van der Waals surface area contributed by atoms with Gasteiger partial charge in [-0.3, -0.25) is 14.3 Å². The maximum Gasteiger partial charge on any atom is 0.265 e. The van der Waals surface area contributed by atoms with Gasteiger partial charge in [0.25, 0.3) is 10.0 Å². The van der Waals surface area contributed by atoms with Crippen molar-refractivity contribution in [3.63, 3.8) is 0 Å². The first kappa shape index (κ1) is 14.7. The van der Waals surface area contributed by atoms with Crippen LogP contribution in [0.5, 0.6) is 0 Å². The standard InChI is InChI=1S/C15H12ClN3O2S/c1-19(22(20,21)15-5-3-2-4-12(15)16)11-6-7-13-14(10-11)18-9-8-17-13/h2-10H,1H3. The van der Waals surface area contributed by atoms with Crippen LogP contribution in [0.15, 0.2) is 59.8 Å². The summed E-state index contributed by atoms with van der Waals surface area (Å²) in [6.45, 7) is 0. The Morgan fingerprint density at radius 2 is 1.68 bits per heavy atom. The molecule has 7 heteroatoms. The molecule has 3 aromatic rings. The molecule has 2 aromatic carbocycles. The summed E-state index contributed by atoms with van der Waals surface area (Å²) in [4.78, 5) is 8.42. The Kier molecular flexibility index (Phi) is 3.72. The van der Waals surface area contributed by atoms with Gasteiger partial charge < -0.3 is 0 Å². The number of halogens is 1. The molecule has 0 unspecified atom stereocenters. The number of aromatic nitrogens is 2. The van der Waals surface area contributed by atoms with Crippen LogP contribution in [0.1, 0.15) is 0 Å². The molecule has 0 aliphatic carbocycles. The number of nitrogens with zero attached hydrogens (tertiary/aromatic N) is 3. The summed E-state index contributed by atoms with van der Waals surface area (Å²) in [6.07, 6.45) is 3.15. The first-order valence-corrected chi connectivity index (χ1v) is 8.26. The summed E-state index contributed by atoms with van der Waals surface area (Å²) in [5, 5.41) is 0.190. The van der Waals surface area contributed by atoms with E-state index in [2.05, 4.69) is 9.97 Å². The Hall–Kier alpha value is -2.18. The minimum atomic E-state index is -3.74. The first-order valence-electron chi connectivity index (χ1n) is 6.44. The first-order chi connectivity index (χ1) is 10.5. The fourth-order valence-electron chi connectivity index (χ4n) is 2.09. The molecule has 1 heterocycles. The third-order valence-electron chi connectivity index (χ3n) is 3.29. The molecular formula is C15H12ClN3O2S. The predicted molar refractivity (Wildman–Crippen MR) is 86.6 cm³/mol. The molecule has 0 spiro atoms. The Labute approximate surface area is 133 Å². The van der Waals surface area contributed by atoms with E-state index in [1.165, 1.54) is 17.4 Å². The Morgan fingerprint density at radius 1 is 1.00 bits per heavy atom. The molecule has 112 valence electrons. The van der Waals surface area contributed by atoms with E-state index in [0.717, 1.165) is 0 Å². The molecule has 0 saturated carbocycles. The second-order valence-electron chi connectivity index (χ2n) is 4.63. The minimum Gasteiger partial charge on any atom is -0.269 e. The molecule has 0 radical (unpaired) electrons. The highest BCUT2D eigenvalue weighted by atomic mass is 35.5. The van der Waals surface area contributed by atoms with E-state index in [1.807, 2.05) is 0 Å². The van der Waals surface area contributed by atoms with Crippen LogP contribution in [0.25, 0.3) is 11.0 Å². The number of benzene rings is 2. The van der Waals surface area contributed by atoms with Crippen LogP contribution in [-0.2, 0) is 10.0 Å². The van der Waals surface area contributed by atoms with Gasteiger partial charge in [0.2, 0.25) is 0 Å². The Bertz CT molecular complexity index is 944. The summed E-state index contributed by atoms with van der Waals surface area (Å²) in [5.74, 6) is 0. The van der Waals surface area contributed by atoms with Gasteiger partial charge in [0.15, 0.2) is 0 Å². The van der Waals surface area contributed by atoms with Crippen molar-refractivity contribution >= 4 is 38.3 Å². The van der Waals surface area contributed by atoms with Gasteiger partial charge in [-0.05, 0) is 30.3 Å². The van der Waals surface area contributed by atoms with Gasteiger partial charge in [-0.15, -0.1) is 0 Å². The SMILES string of the molecule is CN(c1ccc2nccnc2c1)S(=O)(=O)c1ccccc1Cl.